The second-order valence-electron chi connectivity index (χ2n) is 5.93. The van der Waals surface area contributed by atoms with E-state index in [0.717, 1.165) is 30.7 Å². The Hall–Kier alpha value is -1.63. The standard InChI is InChI=1S/C15H29N7/c1-6-22-9-7-8-13(22)11-20(4)15(16-3)17-10-14-19-18-12(2)21(14)5/h13H,6-11H2,1-5H3,(H,16,17). The number of aryl methyl sites for hydroxylation is 1. The number of hydrogen-bond donors (Lipinski definition) is 1. The third kappa shape index (κ3) is 3.76. The zero-order valence-electron chi connectivity index (χ0n) is 14.5. The Balaban J connectivity index is 1.89. The van der Waals surface area contributed by atoms with E-state index in [1.807, 2.05) is 25.6 Å². The molecule has 1 unspecified atom stereocenters. The molecule has 0 amide bonds. The van der Waals surface area contributed by atoms with Crippen molar-refractivity contribution in [3.05, 3.63) is 11.6 Å². The third-order valence-corrected chi connectivity index (χ3v) is 4.55. The molecule has 1 aromatic heterocycles. The highest BCUT2D eigenvalue weighted by Gasteiger charge is 2.25. The van der Waals surface area contributed by atoms with Crippen LogP contribution in [0.25, 0.3) is 0 Å². The van der Waals surface area contributed by atoms with E-state index in [-0.39, 0.29) is 0 Å². The van der Waals surface area contributed by atoms with Crippen molar-refractivity contribution in [1.29, 1.82) is 0 Å². The zero-order valence-corrected chi connectivity index (χ0v) is 14.5. The normalized spacial score (nSPS) is 19.7. The SMILES string of the molecule is CCN1CCCC1CN(C)C(=NC)NCc1nnc(C)n1C. The van der Waals surface area contributed by atoms with Crippen molar-refractivity contribution in [1.82, 2.24) is 29.9 Å². The first-order valence-corrected chi connectivity index (χ1v) is 8.07. The minimum absolute atomic E-state index is 0.630. The number of likely N-dealkylation sites (N-methyl/N-ethyl adjacent to an activating group) is 2. The molecule has 22 heavy (non-hydrogen) atoms. The van der Waals surface area contributed by atoms with Crippen LogP contribution in [0.5, 0.6) is 0 Å². The van der Waals surface area contributed by atoms with Gasteiger partial charge in [0.1, 0.15) is 5.82 Å². The Morgan fingerprint density at radius 2 is 2.23 bits per heavy atom. The average Bonchev–Trinajstić information content (AvgIpc) is 3.08. The van der Waals surface area contributed by atoms with E-state index in [9.17, 15) is 0 Å². The second kappa shape index (κ2) is 7.58. The van der Waals surface area contributed by atoms with Crippen LogP contribution < -0.4 is 5.32 Å². The molecule has 0 bridgehead atoms. The second-order valence-corrected chi connectivity index (χ2v) is 5.93. The number of nitrogens with one attached hydrogen (secondary N) is 1. The lowest BCUT2D eigenvalue weighted by molar-refractivity contribution is 0.232. The summed E-state index contributed by atoms with van der Waals surface area (Å²) < 4.78 is 2.00. The maximum Gasteiger partial charge on any atom is 0.193 e. The summed E-state index contributed by atoms with van der Waals surface area (Å²) in [4.78, 5) is 9.15. The molecular formula is C15H29N7. The number of aliphatic imine (C=N–C) groups is 1. The molecule has 0 aliphatic carbocycles. The van der Waals surface area contributed by atoms with Crippen LogP contribution in [0.15, 0.2) is 4.99 Å². The van der Waals surface area contributed by atoms with Crippen LogP contribution in [-0.4, -0.2) is 70.3 Å². The first kappa shape index (κ1) is 16.7. The Bertz CT molecular complexity index is 508. The van der Waals surface area contributed by atoms with E-state index in [0.29, 0.717) is 12.6 Å². The van der Waals surface area contributed by atoms with Crippen molar-refractivity contribution >= 4 is 5.96 Å². The molecule has 0 radical (unpaired) electrons. The van der Waals surface area contributed by atoms with E-state index in [2.05, 4.69) is 44.3 Å². The first-order chi connectivity index (χ1) is 10.6. The van der Waals surface area contributed by atoms with Gasteiger partial charge in [0.2, 0.25) is 0 Å². The lowest BCUT2D eigenvalue weighted by Gasteiger charge is -2.29. The summed E-state index contributed by atoms with van der Waals surface area (Å²) >= 11 is 0. The number of nitrogens with zero attached hydrogens (tertiary/aromatic N) is 6. The van der Waals surface area contributed by atoms with Gasteiger partial charge in [-0.2, -0.15) is 0 Å². The Kier molecular flexibility index (Phi) is 5.76. The van der Waals surface area contributed by atoms with E-state index in [1.54, 1.807) is 0 Å². The molecule has 0 aromatic carbocycles. The predicted molar refractivity (Wildman–Crippen MR) is 88.8 cm³/mol. The molecule has 124 valence electrons. The molecule has 1 N–H and O–H groups in total. The Morgan fingerprint density at radius 1 is 1.45 bits per heavy atom. The third-order valence-electron chi connectivity index (χ3n) is 4.55. The smallest absolute Gasteiger partial charge is 0.193 e. The molecule has 7 nitrogen and oxygen atoms in total. The van der Waals surface area contributed by atoms with Crippen LogP contribution in [0.4, 0.5) is 0 Å². The highest BCUT2D eigenvalue weighted by Crippen LogP contribution is 2.17. The fourth-order valence-electron chi connectivity index (χ4n) is 3.07. The van der Waals surface area contributed by atoms with Gasteiger partial charge in [-0.3, -0.25) is 9.89 Å². The zero-order chi connectivity index (χ0) is 16.1. The van der Waals surface area contributed by atoms with Gasteiger partial charge in [-0.15, -0.1) is 10.2 Å². The van der Waals surface area contributed by atoms with Gasteiger partial charge in [0.25, 0.3) is 0 Å². The number of hydrogen-bond acceptors (Lipinski definition) is 4. The van der Waals surface area contributed by atoms with Gasteiger partial charge >= 0.3 is 0 Å². The fourth-order valence-corrected chi connectivity index (χ4v) is 3.07. The summed E-state index contributed by atoms with van der Waals surface area (Å²) in [5.41, 5.74) is 0. The van der Waals surface area contributed by atoms with Crippen molar-refractivity contribution in [2.45, 2.75) is 39.3 Å². The van der Waals surface area contributed by atoms with E-state index in [1.165, 1.54) is 19.4 Å². The summed E-state index contributed by atoms with van der Waals surface area (Å²) in [7, 11) is 5.91. The number of guanidine groups is 1. The van der Waals surface area contributed by atoms with Gasteiger partial charge in [0, 0.05) is 33.7 Å². The largest absolute Gasteiger partial charge is 0.349 e. The molecule has 7 heteroatoms. The minimum Gasteiger partial charge on any atom is -0.349 e. The Morgan fingerprint density at radius 3 is 2.82 bits per heavy atom. The summed E-state index contributed by atoms with van der Waals surface area (Å²) in [5, 5.41) is 11.6. The van der Waals surface area contributed by atoms with Gasteiger partial charge < -0.3 is 14.8 Å². The van der Waals surface area contributed by atoms with Gasteiger partial charge in [-0.05, 0) is 32.9 Å². The topological polar surface area (TPSA) is 61.6 Å². The minimum atomic E-state index is 0.630. The van der Waals surface area contributed by atoms with Crippen LogP contribution in [0.2, 0.25) is 0 Å². The maximum atomic E-state index is 4.39. The Labute approximate surface area is 133 Å². The van der Waals surface area contributed by atoms with Crippen molar-refractivity contribution in [3.8, 4) is 0 Å². The quantitative estimate of drug-likeness (QED) is 0.638. The van der Waals surface area contributed by atoms with Gasteiger partial charge in [0.05, 0.1) is 6.54 Å². The predicted octanol–water partition coefficient (Wildman–Crippen LogP) is 0.615. The fraction of sp³-hybridized carbons (Fsp3) is 0.800. The van der Waals surface area contributed by atoms with Crippen molar-refractivity contribution in [2.75, 3.05) is 33.7 Å². The highest BCUT2D eigenvalue weighted by atomic mass is 15.3. The maximum absolute atomic E-state index is 4.39. The van der Waals surface area contributed by atoms with Crippen LogP contribution in [0.1, 0.15) is 31.4 Å². The molecule has 1 saturated heterocycles. The van der Waals surface area contributed by atoms with Gasteiger partial charge in [-0.25, -0.2) is 0 Å². The van der Waals surface area contributed by atoms with E-state index >= 15 is 0 Å². The van der Waals surface area contributed by atoms with Crippen LogP contribution in [-0.2, 0) is 13.6 Å². The highest BCUT2D eigenvalue weighted by molar-refractivity contribution is 5.79. The lowest BCUT2D eigenvalue weighted by Crippen LogP contribution is -2.45. The van der Waals surface area contributed by atoms with E-state index in [4.69, 9.17) is 0 Å². The monoisotopic (exact) mass is 307 g/mol. The van der Waals surface area contributed by atoms with Gasteiger partial charge in [-0.1, -0.05) is 6.92 Å². The summed E-state index contributed by atoms with van der Waals surface area (Å²) in [6, 6.07) is 0.630. The number of aromatic nitrogens is 3. The van der Waals surface area contributed by atoms with Crippen molar-refractivity contribution < 1.29 is 0 Å². The summed E-state index contributed by atoms with van der Waals surface area (Å²) in [6.45, 7) is 8.18. The van der Waals surface area contributed by atoms with Crippen molar-refractivity contribution in [3.63, 3.8) is 0 Å². The molecule has 1 aromatic rings. The van der Waals surface area contributed by atoms with Crippen LogP contribution >= 0.6 is 0 Å². The molecular weight excluding hydrogens is 278 g/mol. The van der Waals surface area contributed by atoms with E-state index < -0.39 is 0 Å². The molecule has 0 spiro atoms. The number of likely N-dealkylation sites (tertiary alicyclic amines) is 1. The van der Waals surface area contributed by atoms with Crippen LogP contribution in [0, 0.1) is 6.92 Å². The summed E-state index contributed by atoms with van der Waals surface area (Å²) in [5.74, 6) is 2.75. The molecule has 1 atom stereocenters. The molecule has 2 rings (SSSR count). The molecule has 1 aliphatic rings. The molecule has 2 heterocycles. The molecule has 1 fully saturated rings. The average molecular weight is 307 g/mol. The van der Waals surface area contributed by atoms with Gasteiger partial charge in [0.15, 0.2) is 11.8 Å². The molecule has 1 aliphatic heterocycles. The van der Waals surface area contributed by atoms with Crippen molar-refractivity contribution in [2.24, 2.45) is 12.0 Å². The number of rotatable bonds is 5. The molecule has 0 saturated carbocycles. The first-order valence-electron chi connectivity index (χ1n) is 8.07. The van der Waals surface area contributed by atoms with Crippen LogP contribution in [0.3, 0.4) is 0 Å². The summed E-state index contributed by atoms with van der Waals surface area (Å²) in [6.07, 6.45) is 2.58. The lowest BCUT2D eigenvalue weighted by atomic mass is 10.2.